The number of nitrogens with one attached hydrogen (secondary N) is 2. The molecule has 0 aliphatic rings. The molecular formula is C15H24F3IN4. The Hall–Kier alpha value is -1.19. The number of halogens is 4. The van der Waals surface area contributed by atoms with Crippen LogP contribution < -0.4 is 15.5 Å². The van der Waals surface area contributed by atoms with Crippen LogP contribution in [0.15, 0.2) is 23.2 Å². The fourth-order valence-electron chi connectivity index (χ4n) is 1.96. The van der Waals surface area contributed by atoms with Crippen molar-refractivity contribution in [2.75, 3.05) is 32.6 Å². The van der Waals surface area contributed by atoms with Crippen LogP contribution >= 0.6 is 24.0 Å². The zero-order valence-electron chi connectivity index (χ0n) is 13.8. The molecule has 1 aromatic rings. The van der Waals surface area contributed by atoms with E-state index in [4.69, 9.17) is 0 Å². The normalized spacial score (nSPS) is 11.7. The van der Waals surface area contributed by atoms with Gasteiger partial charge in [0.25, 0.3) is 0 Å². The second-order valence-corrected chi connectivity index (χ2v) is 5.24. The van der Waals surface area contributed by atoms with Crippen LogP contribution in [0.4, 0.5) is 18.9 Å². The van der Waals surface area contributed by atoms with E-state index in [1.807, 2.05) is 38.1 Å². The molecule has 4 nitrogen and oxygen atoms in total. The smallest absolute Gasteiger partial charge is 0.377 e. The minimum atomic E-state index is -4.17. The molecule has 0 aromatic heterocycles. The first-order valence-electron chi connectivity index (χ1n) is 7.01. The van der Waals surface area contributed by atoms with Crippen molar-refractivity contribution in [3.05, 3.63) is 29.3 Å². The van der Waals surface area contributed by atoms with Crippen LogP contribution in [0.3, 0.4) is 0 Å². The van der Waals surface area contributed by atoms with E-state index in [2.05, 4.69) is 21.7 Å². The first kappa shape index (κ1) is 21.8. The van der Waals surface area contributed by atoms with Crippen molar-refractivity contribution in [1.29, 1.82) is 0 Å². The maximum absolute atomic E-state index is 12.1. The van der Waals surface area contributed by atoms with Crippen molar-refractivity contribution in [2.24, 2.45) is 4.99 Å². The van der Waals surface area contributed by atoms with Gasteiger partial charge in [-0.3, -0.25) is 4.99 Å². The number of nitrogens with zero attached hydrogens (tertiary/aromatic N) is 2. The molecular weight excluding hydrogens is 420 g/mol. The fraction of sp³-hybridized carbons (Fsp3) is 0.533. The molecule has 0 atom stereocenters. The van der Waals surface area contributed by atoms with E-state index in [-0.39, 0.29) is 30.5 Å². The molecule has 0 aliphatic heterocycles. The van der Waals surface area contributed by atoms with Gasteiger partial charge in [-0.05, 0) is 24.1 Å². The number of rotatable bonds is 5. The van der Waals surface area contributed by atoms with Crippen LogP contribution in [0.1, 0.15) is 17.5 Å². The molecule has 132 valence electrons. The van der Waals surface area contributed by atoms with Gasteiger partial charge in [-0.1, -0.05) is 12.1 Å². The van der Waals surface area contributed by atoms with Crippen molar-refractivity contribution in [2.45, 2.75) is 26.1 Å². The number of guanidine groups is 1. The lowest BCUT2D eigenvalue weighted by Gasteiger charge is -2.19. The third kappa shape index (κ3) is 8.29. The summed E-state index contributed by atoms with van der Waals surface area (Å²) in [5.74, 6) is 0.356. The van der Waals surface area contributed by atoms with Crippen LogP contribution in [-0.2, 0) is 6.54 Å². The summed E-state index contributed by atoms with van der Waals surface area (Å²) in [6.07, 6.45) is -5.05. The maximum Gasteiger partial charge on any atom is 0.390 e. The second kappa shape index (κ2) is 9.84. The van der Waals surface area contributed by atoms with Crippen LogP contribution in [0, 0.1) is 6.92 Å². The van der Waals surface area contributed by atoms with Crippen molar-refractivity contribution in [3.8, 4) is 0 Å². The van der Waals surface area contributed by atoms with E-state index >= 15 is 0 Å². The molecule has 0 unspecified atom stereocenters. The lowest BCUT2D eigenvalue weighted by atomic mass is 10.1. The maximum atomic E-state index is 12.1. The average Bonchev–Trinajstić information content (AvgIpc) is 2.42. The highest BCUT2D eigenvalue weighted by molar-refractivity contribution is 14.0. The lowest BCUT2D eigenvalue weighted by Crippen LogP contribution is -2.38. The van der Waals surface area contributed by atoms with Crippen molar-refractivity contribution < 1.29 is 13.2 Å². The topological polar surface area (TPSA) is 39.7 Å². The molecule has 23 heavy (non-hydrogen) atoms. The van der Waals surface area contributed by atoms with Crippen molar-refractivity contribution in [1.82, 2.24) is 10.6 Å². The minimum absolute atomic E-state index is 0. The van der Waals surface area contributed by atoms with E-state index in [0.717, 1.165) is 16.8 Å². The fourth-order valence-corrected chi connectivity index (χ4v) is 1.96. The van der Waals surface area contributed by atoms with Gasteiger partial charge in [-0.2, -0.15) is 13.2 Å². The molecule has 0 fully saturated rings. The van der Waals surface area contributed by atoms with Crippen LogP contribution in [0.2, 0.25) is 0 Å². The predicted molar refractivity (Wildman–Crippen MR) is 99.8 cm³/mol. The first-order chi connectivity index (χ1) is 10.2. The van der Waals surface area contributed by atoms with Gasteiger partial charge in [0.15, 0.2) is 5.96 Å². The third-order valence-electron chi connectivity index (χ3n) is 3.09. The van der Waals surface area contributed by atoms with Gasteiger partial charge in [0.05, 0.1) is 6.42 Å². The number of alkyl halides is 3. The molecule has 0 amide bonds. The molecule has 0 bridgehead atoms. The van der Waals surface area contributed by atoms with Crippen molar-refractivity contribution in [3.63, 3.8) is 0 Å². The minimum Gasteiger partial charge on any atom is -0.377 e. The lowest BCUT2D eigenvalue weighted by molar-refractivity contribution is -0.132. The Bertz CT molecular complexity index is 516. The molecule has 0 saturated carbocycles. The monoisotopic (exact) mass is 444 g/mol. The molecule has 0 saturated heterocycles. The van der Waals surface area contributed by atoms with E-state index in [9.17, 15) is 13.2 Å². The van der Waals surface area contributed by atoms with Gasteiger partial charge in [0.1, 0.15) is 0 Å². The molecule has 0 spiro atoms. The Balaban J connectivity index is 0.00000484. The third-order valence-corrected chi connectivity index (χ3v) is 3.09. The van der Waals surface area contributed by atoms with Crippen LogP contribution in [0.25, 0.3) is 0 Å². The van der Waals surface area contributed by atoms with E-state index in [0.29, 0.717) is 12.5 Å². The van der Waals surface area contributed by atoms with Crippen LogP contribution in [-0.4, -0.2) is 39.8 Å². The molecule has 2 N–H and O–H groups in total. The summed E-state index contributed by atoms with van der Waals surface area (Å²) in [5, 5.41) is 5.69. The summed E-state index contributed by atoms with van der Waals surface area (Å²) in [6.45, 7) is 2.30. The Morgan fingerprint density at radius 3 is 2.39 bits per heavy atom. The standard InChI is InChI=1S/C15H23F3N4.HI/c1-11-5-6-12(13(9-11)22(3)4)10-21-14(19-2)20-8-7-15(16,17)18;/h5-6,9H,7-8,10H2,1-4H3,(H2,19,20,21);1H. The summed E-state index contributed by atoms with van der Waals surface area (Å²) in [6, 6.07) is 6.07. The summed E-state index contributed by atoms with van der Waals surface area (Å²) in [4.78, 5) is 5.93. The van der Waals surface area contributed by atoms with E-state index in [1.165, 1.54) is 7.05 Å². The highest BCUT2D eigenvalue weighted by Gasteiger charge is 2.26. The van der Waals surface area contributed by atoms with E-state index in [1.54, 1.807) is 0 Å². The Kier molecular flexibility index (Phi) is 9.33. The van der Waals surface area contributed by atoms with E-state index < -0.39 is 12.6 Å². The molecule has 1 aromatic carbocycles. The van der Waals surface area contributed by atoms with Gasteiger partial charge < -0.3 is 15.5 Å². The molecule has 1 rings (SSSR count). The highest BCUT2D eigenvalue weighted by atomic mass is 127. The summed E-state index contributed by atoms with van der Waals surface area (Å²) >= 11 is 0. The molecule has 0 radical (unpaired) electrons. The Morgan fingerprint density at radius 2 is 1.87 bits per heavy atom. The van der Waals surface area contributed by atoms with Crippen LogP contribution in [0.5, 0.6) is 0 Å². The predicted octanol–water partition coefficient (Wildman–Crippen LogP) is 3.30. The second-order valence-electron chi connectivity index (χ2n) is 5.24. The van der Waals surface area contributed by atoms with Gasteiger partial charge in [-0.15, -0.1) is 24.0 Å². The number of aliphatic imine (C=N–C) groups is 1. The Labute approximate surface area is 152 Å². The molecule has 8 heteroatoms. The average molecular weight is 444 g/mol. The van der Waals surface area contributed by atoms with Crippen molar-refractivity contribution >= 4 is 35.6 Å². The summed E-state index contributed by atoms with van der Waals surface area (Å²) < 4.78 is 36.4. The highest BCUT2D eigenvalue weighted by Crippen LogP contribution is 2.20. The van der Waals surface area contributed by atoms with Gasteiger partial charge in [0, 0.05) is 39.9 Å². The molecule has 0 heterocycles. The van der Waals surface area contributed by atoms with Gasteiger partial charge in [0.2, 0.25) is 0 Å². The summed E-state index contributed by atoms with van der Waals surface area (Å²) in [5.41, 5.74) is 3.27. The quantitative estimate of drug-likeness (QED) is 0.416. The zero-order chi connectivity index (χ0) is 16.8. The number of benzene rings is 1. The molecule has 0 aliphatic carbocycles. The van der Waals surface area contributed by atoms with Gasteiger partial charge >= 0.3 is 6.18 Å². The number of hydrogen-bond donors (Lipinski definition) is 2. The SMILES string of the molecule is CN=C(NCCC(F)(F)F)NCc1ccc(C)cc1N(C)C.I. The number of aryl methyl sites for hydroxylation is 1. The number of anilines is 1. The summed E-state index contributed by atoms with van der Waals surface area (Å²) in [7, 11) is 5.44. The largest absolute Gasteiger partial charge is 0.390 e. The van der Waals surface area contributed by atoms with Gasteiger partial charge in [-0.25, -0.2) is 0 Å². The Morgan fingerprint density at radius 1 is 1.22 bits per heavy atom. The first-order valence-corrected chi connectivity index (χ1v) is 7.01. The zero-order valence-corrected chi connectivity index (χ0v) is 16.1. The number of hydrogen-bond acceptors (Lipinski definition) is 2.